The zero-order chi connectivity index (χ0) is 17.9. The summed E-state index contributed by atoms with van der Waals surface area (Å²) in [5, 5.41) is 17.5. The molecule has 0 aliphatic carbocycles. The largest absolute Gasteiger partial charge is 0.409 e. The van der Waals surface area contributed by atoms with E-state index in [2.05, 4.69) is 59.0 Å². The van der Waals surface area contributed by atoms with E-state index >= 15 is 0 Å². The lowest BCUT2D eigenvalue weighted by molar-refractivity contribution is 0.318. The lowest BCUT2D eigenvalue weighted by Gasteiger charge is -2.17. The van der Waals surface area contributed by atoms with Crippen molar-refractivity contribution < 1.29 is 5.21 Å². The van der Waals surface area contributed by atoms with Gasteiger partial charge in [0.25, 0.3) is 0 Å². The zero-order valence-corrected chi connectivity index (χ0v) is 14.4. The highest BCUT2D eigenvalue weighted by molar-refractivity contribution is 6.01. The molecule has 0 fully saturated rings. The van der Waals surface area contributed by atoms with Gasteiger partial charge in [-0.3, -0.25) is 0 Å². The first kappa shape index (κ1) is 16.4. The number of oxime groups is 1. The number of hydrogen-bond donors (Lipinski definition) is 3. The quantitative estimate of drug-likeness (QED) is 0.223. The topological polar surface area (TPSA) is 70.6 Å². The minimum Gasteiger partial charge on any atom is -0.409 e. The number of rotatable bonds is 3. The van der Waals surface area contributed by atoms with Crippen LogP contribution in [0.5, 0.6) is 0 Å². The molecule has 1 heterocycles. The van der Waals surface area contributed by atoms with Gasteiger partial charge in [0.15, 0.2) is 5.84 Å². The lowest BCUT2D eigenvalue weighted by atomic mass is 9.98. The molecule has 0 bridgehead atoms. The molecule has 0 unspecified atom stereocenters. The Labute approximate surface area is 152 Å². The van der Waals surface area contributed by atoms with Crippen LogP contribution in [0.15, 0.2) is 59.8 Å². The molecule has 0 aromatic heterocycles. The maximum Gasteiger partial charge on any atom is 0.170 e. The van der Waals surface area contributed by atoms with Crippen LogP contribution >= 0.6 is 0 Å². The minimum atomic E-state index is 0.124. The van der Waals surface area contributed by atoms with Gasteiger partial charge in [0.05, 0.1) is 0 Å². The summed E-state index contributed by atoms with van der Waals surface area (Å²) in [5.74, 6) is 0.124. The maximum atomic E-state index is 8.81. The molecule has 4 rings (SSSR count). The van der Waals surface area contributed by atoms with Gasteiger partial charge in [0.1, 0.15) is 0 Å². The molecule has 1 aliphatic heterocycles. The molecule has 4 N–H and O–H groups in total. The summed E-state index contributed by atoms with van der Waals surface area (Å²) < 4.78 is 0. The fourth-order valence-electron chi connectivity index (χ4n) is 3.38. The van der Waals surface area contributed by atoms with E-state index in [1.165, 1.54) is 16.7 Å². The highest BCUT2D eigenvalue weighted by Crippen LogP contribution is 2.21. The van der Waals surface area contributed by atoms with Crippen LogP contribution < -0.4 is 11.1 Å². The van der Waals surface area contributed by atoms with Crippen LogP contribution in [-0.4, -0.2) is 17.6 Å². The molecule has 0 saturated carbocycles. The number of benzene rings is 3. The van der Waals surface area contributed by atoms with Crippen LogP contribution in [0, 0.1) is 0 Å². The van der Waals surface area contributed by atoms with Crippen LogP contribution in [-0.2, 0) is 13.0 Å². The second kappa shape index (κ2) is 7.02. The third kappa shape index (κ3) is 3.32. The Kier molecular flexibility index (Phi) is 4.42. The number of nitrogens with two attached hydrogens (primary N) is 1. The zero-order valence-electron chi connectivity index (χ0n) is 14.4. The van der Waals surface area contributed by atoms with Gasteiger partial charge in [0, 0.05) is 12.1 Å². The van der Waals surface area contributed by atoms with Crippen LogP contribution in [0.25, 0.3) is 22.9 Å². The standard InChI is InChI=1S/C22H21N3O/c23-22(25-26)20-8-7-17-11-15(3-5-18(17)13-20)1-2-16-4-6-21-14-24-10-9-19(21)12-16/h1-8,11-13,24,26H,9-10,14H2,(H2,23,25)/b2-1+. The van der Waals surface area contributed by atoms with Gasteiger partial charge in [-0.05, 0) is 58.1 Å². The highest BCUT2D eigenvalue weighted by Gasteiger charge is 2.07. The Bertz CT molecular complexity index is 1020. The number of nitrogens with one attached hydrogen (secondary N) is 1. The molecular weight excluding hydrogens is 322 g/mol. The molecule has 130 valence electrons. The van der Waals surface area contributed by atoms with Crippen molar-refractivity contribution in [3.05, 3.63) is 82.4 Å². The fraction of sp³-hybridized carbons (Fsp3) is 0.136. The SMILES string of the molecule is N/C(=N\O)c1ccc2cc(/C=C/c3ccc4c(c3)CCNC4)ccc2c1. The second-order valence-electron chi connectivity index (χ2n) is 6.59. The van der Waals surface area contributed by atoms with E-state index in [1.807, 2.05) is 18.2 Å². The first-order valence-corrected chi connectivity index (χ1v) is 8.75. The summed E-state index contributed by atoms with van der Waals surface area (Å²) in [7, 11) is 0. The van der Waals surface area contributed by atoms with Gasteiger partial charge in [0.2, 0.25) is 0 Å². The maximum absolute atomic E-state index is 8.81. The predicted octanol–water partition coefficient (Wildman–Crippen LogP) is 3.75. The van der Waals surface area contributed by atoms with Crippen molar-refractivity contribution in [1.82, 2.24) is 5.32 Å². The molecule has 0 amide bonds. The van der Waals surface area contributed by atoms with Gasteiger partial charge in [-0.1, -0.05) is 59.8 Å². The van der Waals surface area contributed by atoms with E-state index in [0.717, 1.165) is 35.8 Å². The smallest absolute Gasteiger partial charge is 0.170 e. The van der Waals surface area contributed by atoms with E-state index in [9.17, 15) is 0 Å². The summed E-state index contributed by atoms with van der Waals surface area (Å²) in [6.45, 7) is 2.02. The third-order valence-electron chi connectivity index (χ3n) is 4.85. The third-order valence-corrected chi connectivity index (χ3v) is 4.85. The van der Waals surface area contributed by atoms with Gasteiger partial charge >= 0.3 is 0 Å². The summed E-state index contributed by atoms with van der Waals surface area (Å²) in [6.07, 6.45) is 5.39. The number of hydrogen-bond acceptors (Lipinski definition) is 3. The van der Waals surface area contributed by atoms with Gasteiger partial charge in [-0.25, -0.2) is 0 Å². The van der Waals surface area contributed by atoms with E-state index in [4.69, 9.17) is 10.9 Å². The van der Waals surface area contributed by atoms with E-state index in [-0.39, 0.29) is 5.84 Å². The Hall–Kier alpha value is -3.11. The van der Waals surface area contributed by atoms with Crippen molar-refractivity contribution in [2.75, 3.05) is 6.54 Å². The van der Waals surface area contributed by atoms with Crippen LogP contribution in [0.1, 0.15) is 27.8 Å². The van der Waals surface area contributed by atoms with Crippen molar-refractivity contribution in [3.63, 3.8) is 0 Å². The van der Waals surface area contributed by atoms with Crippen molar-refractivity contribution in [2.24, 2.45) is 10.9 Å². The molecule has 1 aliphatic rings. The molecular formula is C22H21N3O. The van der Waals surface area contributed by atoms with Crippen LogP contribution in [0.4, 0.5) is 0 Å². The molecule has 0 saturated heterocycles. The fourth-order valence-corrected chi connectivity index (χ4v) is 3.38. The number of fused-ring (bicyclic) bond motifs is 2. The van der Waals surface area contributed by atoms with Crippen molar-refractivity contribution >= 4 is 28.8 Å². The Balaban J connectivity index is 1.60. The first-order valence-electron chi connectivity index (χ1n) is 8.75. The van der Waals surface area contributed by atoms with Crippen LogP contribution in [0.3, 0.4) is 0 Å². The molecule has 3 aromatic rings. The molecule has 4 heteroatoms. The normalized spacial score (nSPS) is 14.7. The molecule has 3 aromatic carbocycles. The van der Waals surface area contributed by atoms with E-state index in [1.54, 1.807) is 0 Å². The van der Waals surface area contributed by atoms with Gasteiger partial charge < -0.3 is 16.3 Å². The van der Waals surface area contributed by atoms with Gasteiger partial charge in [-0.15, -0.1) is 0 Å². The molecule has 0 spiro atoms. The van der Waals surface area contributed by atoms with E-state index in [0.29, 0.717) is 5.56 Å². The summed E-state index contributed by atoms with van der Waals surface area (Å²) >= 11 is 0. The van der Waals surface area contributed by atoms with Crippen molar-refractivity contribution in [2.45, 2.75) is 13.0 Å². The molecule has 4 nitrogen and oxygen atoms in total. The molecule has 0 radical (unpaired) electrons. The average Bonchev–Trinajstić information content (AvgIpc) is 2.71. The Morgan fingerprint density at radius 3 is 2.50 bits per heavy atom. The Morgan fingerprint density at radius 2 is 1.65 bits per heavy atom. The van der Waals surface area contributed by atoms with Gasteiger partial charge in [-0.2, -0.15) is 0 Å². The second-order valence-corrected chi connectivity index (χ2v) is 6.59. The summed E-state index contributed by atoms with van der Waals surface area (Å²) in [4.78, 5) is 0. The Morgan fingerprint density at radius 1 is 0.923 bits per heavy atom. The molecule has 26 heavy (non-hydrogen) atoms. The lowest BCUT2D eigenvalue weighted by Crippen LogP contribution is -2.23. The summed E-state index contributed by atoms with van der Waals surface area (Å²) in [5.41, 5.74) is 11.6. The van der Waals surface area contributed by atoms with Crippen molar-refractivity contribution in [1.29, 1.82) is 0 Å². The summed E-state index contributed by atoms with van der Waals surface area (Å²) in [6, 6.07) is 18.7. The predicted molar refractivity (Wildman–Crippen MR) is 107 cm³/mol. The van der Waals surface area contributed by atoms with Crippen LogP contribution in [0.2, 0.25) is 0 Å². The van der Waals surface area contributed by atoms with E-state index < -0.39 is 0 Å². The number of nitrogens with zero attached hydrogens (tertiary/aromatic N) is 1. The monoisotopic (exact) mass is 343 g/mol. The highest BCUT2D eigenvalue weighted by atomic mass is 16.4. The minimum absolute atomic E-state index is 0.124. The molecule has 0 atom stereocenters. The van der Waals surface area contributed by atoms with Crippen molar-refractivity contribution in [3.8, 4) is 0 Å². The average molecular weight is 343 g/mol. The first-order chi connectivity index (χ1) is 12.7. The number of amidine groups is 1.